The molecule has 2 N–H and O–H groups in total. The molecule has 5 nitrogen and oxygen atoms in total. The van der Waals surface area contributed by atoms with Gasteiger partial charge in [0.2, 0.25) is 0 Å². The number of nitrogens with two attached hydrogens (primary N) is 1. The van der Waals surface area contributed by atoms with Gasteiger partial charge < -0.3 is 15.2 Å². The van der Waals surface area contributed by atoms with Crippen molar-refractivity contribution in [2.75, 3.05) is 19.0 Å². The zero-order chi connectivity index (χ0) is 13.3. The van der Waals surface area contributed by atoms with Crippen molar-refractivity contribution in [3.8, 4) is 0 Å². The lowest BCUT2D eigenvalue weighted by Crippen LogP contribution is -2.33. The Hall–Kier alpha value is -0.750. The van der Waals surface area contributed by atoms with Gasteiger partial charge in [-0.1, -0.05) is 0 Å². The number of rotatable bonds is 8. The lowest BCUT2D eigenvalue weighted by atomic mass is 10.2. The highest BCUT2D eigenvalue weighted by Crippen LogP contribution is 2.14. The number of thioether (sulfide) groups is 1. The Balaban J connectivity index is 3.75. The Kier molecular flexibility index (Phi) is 8.89. The van der Waals surface area contributed by atoms with Crippen molar-refractivity contribution in [3.05, 3.63) is 0 Å². The van der Waals surface area contributed by atoms with Crippen molar-refractivity contribution in [2.45, 2.75) is 38.5 Å². The van der Waals surface area contributed by atoms with Gasteiger partial charge in [-0.2, -0.15) is 0 Å². The molecule has 100 valence electrons. The molecule has 0 spiro atoms. The zero-order valence-electron chi connectivity index (χ0n) is 10.6. The van der Waals surface area contributed by atoms with Crippen LogP contribution in [0.25, 0.3) is 0 Å². The summed E-state index contributed by atoms with van der Waals surface area (Å²) in [5.41, 5.74) is 5.62. The predicted octanol–water partition coefficient (Wildman–Crippen LogP) is 0.952. The first kappa shape index (κ1) is 16.2. The van der Waals surface area contributed by atoms with E-state index in [1.165, 1.54) is 11.8 Å². The second kappa shape index (κ2) is 9.30. The van der Waals surface area contributed by atoms with Crippen molar-refractivity contribution in [3.63, 3.8) is 0 Å². The first-order valence-corrected chi connectivity index (χ1v) is 6.78. The molecule has 0 aromatic rings. The topological polar surface area (TPSA) is 78.6 Å². The number of carbonyl (C=O) groups excluding carboxylic acids is 2. The molecule has 2 unspecified atom stereocenters. The third-order valence-corrected chi connectivity index (χ3v) is 3.17. The van der Waals surface area contributed by atoms with E-state index in [1.807, 2.05) is 0 Å². The molecule has 0 saturated heterocycles. The highest BCUT2D eigenvalue weighted by molar-refractivity contribution is 8.00. The first-order valence-electron chi connectivity index (χ1n) is 5.73. The highest BCUT2D eigenvalue weighted by atomic mass is 32.2. The van der Waals surface area contributed by atoms with Gasteiger partial charge in [-0.25, -0.2) is 0 Å². The molecular formula is C11H21NO4S. The number of hydrogen-bond donors (Lipinski definition) is 1. The van der Waals surface area contributed by atoms with Crippen LogP contribution in [0.15, 0.2) is 0 Å². The van der Waals surface area contributed by atoms with Gasteiger partial charge in [0.05, 0.1) is 18.5 Å². The summed E-state index contributed by atoms with van der Waals surface area (Å²) in [7, 11) is 0. The van der Waals surface area contributed by atoms with Crippen LogP contribution in [0.2, 0.25) is 0 Å². The Morgan fingerprint density at radius 1 is 1.18 bits per heavy atom. The molecular weight excluding hydrogens is 242 g/mol. The van der Waals surface area contributed by atoms with Gasteiger partial charge in [0.1, 0.15) is 6.04 Å². The van der Waals surface area contributed by atoms with E-state index in [2.05, 4.69) is 0 Å². The molecule has 17 heavy (non-hydrogen) atoms. The lowest BCUT2D eigenvalue weighted by Gasteiger charge is -2.12. The van der Waals surface area contributed by atoms with E-state index in [4.69, 9.17) is 15.2 Å². The summed E-state index contributed by atoms with van der Waals surface area (Å²) in [5, 5.41) is -0.232. The van der Waals surface area contributed by atoms with Gasteiger partial charge in [-0.3, -0.25) is 9.59 Å². The summed E-state index contributed by atoms with van der Waals surface area (Å²) < 4.78 is 9.65. The van der Waals surface area contributed by atoms with Crippen LogP contribution in [-0.4, -0.2) is 42.2 Å². The molecule has 0 heterocycles. The average Bonchev–Trinajstić information content (AvgIpc) is 2.29. The van der Waals surface area contributed by atoms with Gasteiger partial charge in [-0.15, -0.1) is 11.8 Å². The molecule has 0 radical (unpaired) electrons. The third-order valence-electron chi connectivity index (χ3n) is 2.00. The molecule has 0 rings (SSSR count). The van der Waals surface area contributed by atoms with Crippen LogP contribution >= 0.6 is 11.8 Å². The van der Waals surface area contributed by atoms with E-state index < -0.39 is 12.0 Å². The molecule has 0 fully saturated rings. The fraction of sp³-hybridized carbons (Fsp3) is 0.818. The van der Waals surface area contributed by atoms with Crippen LogP contribution in [-0.2, 0) is 19.1 Å². The first-order chi connectivity index (χ1) is 8.02. The zero-order valence-corrected chi connectivity index (χ0v) is 11.4. The van der Waals surface area contributed by atoms with Gasteiger partial charge in [-0.05, 0) is 32.9 Å². The Morgan fingerprint density at radius 3 is 2.24 bits per heavy atom. The van der Waals surface area contributed by atoms with E-state index in [1.54, 1.807) is 20.8 Å². The quantitative estimate of drug-likeness (QED) is 0.657. The van der Waals surface area contributed by atoms with Crippen LogP contribution in [0.4, 0.5) is 0 Å². The fourth-order valence-corrected chi connectivity index (χ4v) is 2.01. The van der Waals surface area contributed by atoms with Crippen molar-refractivity contribution < 1.29 is 19.1 Å². The monoisotopic (exact) mass is 263 g/mol. The van der Waals surface area contributed by atoms with Crippen molar-refractivity contribution in [1.29, 1.82) is 0 Å². The number of esters is 2. The third kappa shape index (κ3) is 7.23. The highest BCUT2D eigenvalue weighted by Gasteiger charge is 2.17. The summed E-state index contributed by atoms with van der Waals surface area (Å²) in [6.07, 6.45) is 0.493. The van der Waals surface area contributed by atoms with Crippen LogP contribution in [0.1, 0.15) is 27.2 Å². The molecule has 2 atom stereocenters. The second-order valence-corrected chi connectivity index (χ2v) is 4.86. The molecule has 0 bridgehead atoms. The van der Waals surface area contributed by atoms with E-state index in [9.17, 15) is 9.59 Å². The van der Waals surface area contributed by atoms with E-state index in [-0.39, 0.29) is 11.2 Å². The lowest BCUT2D eigenvalue weighted by molar-refractivity contribution is -0.144. The second-order valence-electron chi connectivity index (χ2n) is 3.41. The summed E-state index contributed by atoms with van der Waals surface area (Å²) in [5.74, 6) is -0.000877. The van der Waals surface area contributed by atoms with Crippen LogP contribution in [0, 0.1) is 0 Å². The van der Waals surface area contributed by atoms with Crippen molar-refractivity contribution >= 4 is 23.7 Å². The molecule has 0 aliphatic carbocycles. The van der Waals surface area contributed by atoms with Crippen molar-refractivity contribution in [2.24, 2.45) is 5.73 Å². The minimum absolute atomic E-state index is 0.232. The van der Waals surface area contributed by atoms with Gasteiger partial charge in [0, 0.05) is 0 Å². The number of hydrogen-bond acceptors (Lipinski definition) is 6. The smallest absolute Gasteiger partial charge is 0.322 e. The molecule has 0 aliphatic heterocycles. The maximum Gasteiger partial charge on any atom is 0.322 e. The largest absolute Gasteiger partial charge is 0.465 e. The number of ether oxygens (including phenoxy) is 2. The average molecular weight is 263 g/mol. The standard InChI is InChI=1S/C11H21NO4S/c1-4-15-10(13)8(3)17-7-6-9(12)11(14)16-5-2/h8-9H,4-7,12H2,1-3H3. The SMILES string of the molecule is CCOC(=O)C(N)CCSC(C)C(=O)OCC. The molecule has 0 aliphatic rings. The molecule has 0 aromatic heterocycles. The molecule has 0 aromatic carbocycles. The van der Waals surface area contributed by atoms with Crippen molar-refractivity contribution in [1.82, 2.24) is 0 Å². The Morgan fingerprint density at radius 2 is 1.71 bits per heavy atom. The Labute approximate surface area is 106 Å². The minimum Gasteiger partial charge on any atom is -0.465 e. The summed E-state index contributed by atoms with van der Waals surface area (Å²) in [6.45, 7) is 6.00. The molecule has 6 heteroatoms. The van der Waals surface area contributed by atoms with E-state index in [0.717, 1.165) is 0 Å². The molecule has 0 saturated carbocycles. The van der Waals surface area contributed by atoms with Crippen LogP contribution < -0.4 is 5.73 Å². The van der Waals surface area contributed by atoms with Gasteiger partial charge >= 0.3 is 11.9 Å². The van der Waals surface area contributed by atoms with Gasteiger partial charge in [0.15, 0.2) is 0 Å². The van der Waals surface area contributed by atoms with Crippen LogP contribution in [0.3, 0.4) is 0 Å². The van der Waals surface area contributed by atoms with E-state index in [0.29, 0.717) is 25.4 Å². The maximum atomic E-state index is 11.3. The molecule has 0 amide bonds. The minimum atomic E-state index is -0.614. The number of carbonyl (C=O) groups is 2. The summed E-state index contributed by atoms with van der Waals surface area (Å²) in [4.78, 5) is 22.5. The van der Waals surface area contributed by atoms with Gasteiger partial charge in [0.25, 0.3) is 0 Å². The van der Waals surface area contributed by atoms with E-state index >= 15 is 0 Å². The normalized spacial score (nSPS) is 13.9. The Bertz CT molecular complexity index is 224. The fourth-order valence-electron chi connectivity index (χ4n) is 1.07. The summed E-state index contributed by atoms with van der Waals surface area (Å²) >= 11 is 1.43. The predicted molar refractivity (Wildman–Crippen MR) is 67.8 cm³/mol. The van der Waals surface area contributed by atoms with Crippen LogP contribution in [0.5, 0.6) is 0 Å². The summed E-state index contributed by atoms with van der Waals surface area (Å²) in [6, 6.07) is -0.614. The maximum absolute atomic E-state index is 11.3.